The second kappa shape index (κ2) is 2.40. The molecule has 0 nitrogen and oxygen atoms in total. The predicted molar refractivity (Wildman–Crippen MR) is 40.3 cm³/mol. The summed E-state index contributed by atoms with van der Waals surface area (Å²) >= 11 is 4.17. The summed E-state index contributed by atoms with van der Waals surface area (Å²) in [5.41, 5.74) is 2.87. The first-order chi connectivity index (χ1) is 3.84. The second-order valence-electron chi connectivity index (χ2n) is 2.07. The fraction of sp³-hybridized carbons (Fsp3) is 0.429. The highest BCUT2D eigenvalue weighted by atomic mass is 32.1. The van der Waals surface area contributed by atoms with Gasteiger partial charge in [-0.1, -0.05) is 17.7 Å². The van der Waals surface area contributed by atoms with Gasteiger partial charge >= 0.3 is 0 Å². The topological polar surface area (TPSA) is 0 Å². The molecule has 8 heavy (non-hydrogen) atoms. The molecule has 0 bridgehead atoms. The van der Waals surface area contributed by atoms with E-state index in [1.807, 2.05) is 0 Å². The van der Waals surface area contributed by atoms with Gasteiger partial charge in [-0.05, 0) is 18.9 Å². The fourth-order valence-electron chi connectivity index (χ4n) is 0.839. The third-order valence-electron chi connectivity index (χ3n) is 1.46. The zero-order chi connectivity index (χ0) is 5.98. The molecule has 0 aliphatic heterocycles. The number of rotatable bonds is 1. The third-order valence-corrected chi connectivity index (χ3v) is 1.80. The molecule has 0 aromatic carbocycles. The Morgan fingerprint density at radius 1 is 1.75 bits per heavy atom. The van der Waals surface area contributed by atoms with Crippen molar-refractivity contribution in [2.45, 2.75) is 13.3 Å². The van der Waals surface area contributed by atoms with E-state index in [2.05, 4.69) is 31.7 Å². The van der Waals surface area contributed by atoms with Gasteiger partial charge in [0.2, 0.25) is 0 Å². The zero-order valence-electron chi connectivity index (χ0n) is 5.02. The summed E-state index contributed by atoms with van der Waals surface area (Å²) in [5.74, 6) is 0.891. The summed E-state index contributed by atoms with van der Waals surface area (Å²) in [7, 11) is 0. The van der Waals surface area contributed by atoms with E-state index in [9.17, 15) is 0 Å². The van der Waals surface area contributed by atoms with Gasteiger partial charge in [0.05, 0.1) is 0 Å². The Morgan fingerprint density at radius 2 is 2.50 bits per heavy atom. The van der Waals surface area contributed by atoms with Gasteiger partial charge in [0, 0.05) is 5.75 Å². The number of hydrogen-bond acceptors (Lipinski definition) is 1. The van der Waals surface area contributed by atoms with Crippen LogP contribution in [0.15, 0.2) is 23.3 Å². The van der Waals surface area contributed by atoms with Crippen molar-refractivity contribution < 1.29 is 0 Å². The van der Waals surface area contributed by atoms with E-state index >= 15 is 0 Å². The van der Waals surface area contributed by atoms with Crippen LogP contribution in [-0.2, 0) is 0 Å². The van der Waals surface area contributed by atoms with E-state index in [0.717, 1.165) is 12.2 Å². The molecule has 0 N–H and O–H groups in total. The minimum absolute atomic E-state index is 0.891. The first kappa shape index (κ1) is 5.96. The first-order valence-electron chi connectivity index (χ1n) is 2.80. The summed E-state index contributed by atoms with van der Waals surface area (Å²) in [5, 5.41) is 0. The summed E-state index contributed by atoms with van der Waals surface area (Å²) in [6.45, 7) is 2.16. The van der Waals surface area contributed by atoms with Crippen LogP contribution in [0, 0.1) is 0 Å². The van der Waals surface area contributed by atoms with Crippen LogP contribution in [0.1, 0.15) is 13.3 Å². The van der Waals surface area contributed by atoms with E-state index in [0.29, 0.717) is 0 Å². The summed E-state index contributed by atoms with van der Waals surface area (Å²) < 4.78 is 0. The predicted octanol–water partition coefficient (Wildman–Crippen LogP) is 2.19. The Balaban J connectivity index is 2.70. The first-order valence-corrected chi connectivity index (χ1v) is 3.44. The molecule has 44 valence electrons. The van der Waals surface area contributed by atoms with Crippen LogP contribution in [0.4, 0.5) is 0 Å². The van der Waals surface area contributed by atoms with Crippen molar-refractivity contribution >= 4 is 12.6 Å². The highest BCUT2D eigenvalue weighted by Gasteiger charge is 2.00. The average molecular weight is 126 g/mol. The van der Waals surface area contributed by atoms with Crippen molar-refractivity contribution in [1.29, 1.82) is 0 Å². The van der Waals surface area contributed by atoms with E-state index in [4.69, 9.17) is 0 Å². The lowest BCUT2D eigenvalue weighted by Gasteiger charge is -1.93. The number of allylic oxidation sites excluding steroid dienone is 3. The SMILES string of the molecule is CC1=C(CS)C=CC1. The van der Waals surface area contributed by atoms with Crippen LogP contribution in [0.5, 0.6) is 0 Å². The molecular weight excluding hydrogens is 116 g/mol. The smallest absolute Gasteiger partial charge is 0.0153 e. The molecule has 0 radical (unpaired) electrons. The van der Waals surface area contributed by atoms with E-state index in [1.54, 1.807) is 0 Å². The molecule has 0 saturated carbocycles. The van der Waals surface area contributed by atoms with Gasteiger partial charge in [-0.3, -0.25) is 0 Å². The van der Waals surface area contributed by atoms with Gasteiger partial charge in [-0.2, -0.15) is 12.6 Å². The molecule has 1 rings (SSSR count). The molecule has 1 aliphatic carbocycles. The van der Waals surface area contributed by atoms with Crippen molar-refractivity contribution in [3.8, 4) is 0 Å². The zero-order valence-corrected chi connectivity index (χ0v) is 5.91. The number of hydrogen-bond donors (Lipinski definition) is 1. The number of thiol groups is 1. The average Bonchev–Trinajstić information content (AvgIpc) is 2.14. The van der Waals surface area contributed by atoms with Gasteiger partial charge in [0.15, 0.2) is 0 Å². The molecule has 0 heterocycles. The maximum atomic E-state index is 4.17. The Labute approximate surface area is 55.7 Å². The van der Waals surface area contributed by atoms with Gasteiger partial charge in [0.1, 0.15) is 0 Å². The highest BCUT2D eigenvalue weighted by molar-refractivity contribution is 7.80. The Morgan fingerprint density at radius 3 is 2.75 bits per heavy atom. The third kappa shape index (κ3) is 0.972. The van der Waals surface area contributed by atoms with Crippen LogP contribution < -0.4 is 0 Å². The lowest BCUT2D eigenvalue weighted by atomic mass is 10.2. The largest absolute Gasteiger partial charge is 0.175 e. The molecule has 0 spiro atoms. The molecule has 0 amide bonds. The molecule has 1 aliphatic rings. The minimum atomic E-state index is 0.891. The van der Waals surface area contributed by atoms with Crippen molar-refractivity contribution in [2.75, 3.05) is 5.75 Å². The minimum Gasteiger partial charge on any atom is -0.175 e. The fourth-order valence-corrected chi connectivity index (χ4v) is 1.21. The van der Waals surface area contributed by atoms with Gasteiger partial charge in [-0.25, -0.2) is 0 Å². The molecular formula is C7H10S. The van der Waals surface area contributed by atoms with E-state index in [1.165, 1.54) is 11.1 Å². The van der Waals surface area contributed by atoms with Crippen molar-refractivity contribution in [3.63, 3.8) is 0 Å². The maximum absolute atomic E-state index is 4.17. The Bertz CT molecular complexity index is 142. The molecule has 0 saturated heterocycles. The van der Waals surface area contributed by atoms with Crippen molar-refractivity contribution in [1.82, 2.24) is 0 Å². The lowest BCUT2D eigenvalue weighted by Crippen LogP contribution is -1.78. The molecule has 0 aromatic heterocycles. The van der Waals surface area contributed by atoms with E-state index in [-0.39, 0.29) is 0 Å². The van der Waals surface area contributed by atoms with Gasteiger partial charge in [0.25, 0.3) is 0 Å². The summed E-state index contributed by atoms with van der Waals surface area (Å²) in [6.07, 6.45) is 5.47. The molecule has 1 heteroatoms. The van der Waals surface area contributed by atoms with Crippen LogP contribution >= 0.6 is 12.6 Å². The molecule has 0 aromatic rings. The van der Waals surface area contributed by atoms with Crippen molar-refractivity contribution in [3.05, 3.63) is 23.3 Å². The Hall–Kier alpha value is -0.170. The summed E-state index contributed by atoms with van der Waals surface area (Å²) in [4.78, 5) is 0. The van der Waals surface area contributed by atoms with Crippen LogP contribution in [0.2, 0.25) is 0 Å². The lowest BCUT2D eigenvalue weighted by molar-refractivity contribution is 1.22. The highest BCUT2D eigenvalue weighted by Crippen LogP contribution is 2.18. The van der Waals surface area contributed by atoms with Gasteiger partial charge < -0.3 is 0 Å². The monoisotopic (exact) mass is 126 g/mol. The standard InChI is InChI=1S/C7H10S/c1-6-3-2-4-7(6)5-8/h2,4,8H,3,5H2,1H3. The second-order valence-corrected chi connectivity index (χ2v) is 2.39. The van der Waals surface area contributed by atoms with Crippen LogP contribution in [-0.4, -0.2) is 5.75 Å². The molecule has 0 unspecified atom stereocenters. The molecule has 0 atom stereocenters. The summed E-state index contributed by atoms with van der Waals surface area (Å²) in [6, 6.07) is 0. The normalized spacial score (nSPS) is 18.2. The molecule has 0 fully saturated rings. The van der Waals surface area contributed by atoms with Crippen LogP contribution in [0.3, 0.4) is 0 Å². The van der Waals surface area contributed by atoms with E-state index < -0.39 is 0 Å². The van der Waals surface area contributed by atoms with Crippen molar-refractivity contribution in [2.24, 2.45) is 0 Å². The maximum Gasteiger partial charge on any atom is 0.0153 e. The Kier molecular flexibility index (Phi) is 1.79. The van der Waals surface area contributed by atoms with Crippen LogP contribution in [0.25, 0.3) is 0 Å². The van der Waals surface area contributed by atoms with Gasteiger partial charge in [-0.15, -0.1) is 0 Å². The quantitative estimate of drug-likeness (QED) is 0.511.